The van der Waals surface area contributed by atoms with E-state index in [1.807, 2.05) is 37.3 Å². The van der Waals surface area contributed by atoms with Crippen molar-refractivity contribution in [3.63, 3.8) is 0 Å². The number of methoxy groups -OCH3 is 1. The molecule has 0 fully saturated rings. The van der Waals surface area contributed by atoms with Crippen molar-refractivity contribution in [1.82, 2.24) is 4.57 Å². The third-order valence-corrected chi connectivity index (χ3v) is 4.15. The van der Waals surface area contributed by atoms with Crippen molar-refractivity contribution in [3.8, 4) is 5.75 Å². The zero-order valence-corrected chi connectivity index (χ0v) is 14.2. The van der Waals surface area contributed by atoms with Gasteiger partial charge in [0, 0.05) is 36.9 Å². The predicted molar refractivity (Wildman–Crippen MR) is 95.0 cm³/mol. The highest BCUT2D eigenvalue weighted by Gasteiger charge is 2.16. The smallest absolute Gasteiger partial charge is 0.293 e. The van der Waals surface area contributed by atoms with Crippen LogP contribution < -0.4 is 5.56 Å². The fraction of sp³-hybridized carbons (Fsp3) is 0.368. The van der Waals surface area contributed by atoms with Crippen LogP contribution in [0.15, 0.2) is 47.4 Å². The predicted octanol–water partition coefficient (Wildman–Crippen LogP) is 2.84. The Morgan fingerprint density at radius 2 is 2.00 bits per heavy atom. The summed E-state index contributed by atoms with van der Waals surface area (Å²) in [6, 6.07) is 11.3. The first-order chi connectivity index (χ1) is 11.6. The first-order valence-corrected chi connectivity index (χ1v) is 8.08. The molecule has 0 saturated heterocycles. The van der Waals surface area contributed by atoms with E-state index >= 15 is 0 Å². The van der Waals surface area contributed by atoms with Gasteiger partial charge in [0.2, 0.25) is 0 Å². The zero-order chi connectivity index (χ0) is 17.5. The maximum atomic E-state index is 12.4. The van der Waals surface area contributed by atoms with Gasteiger partial charge in [-0.3, -0.25) is 4.79 Å². The van der Waals surface area contributed by atoms with Gasteiger partial charge in [-0.05, 0) is 18.1 Å². The summed E-state index contributed by atoms with van der Waals surface area (Å²) in [6.07, 6.45) is 2.72. The van der Waals surface area contributed by atoms with Crippen LogP contribution in [0.25, 0.3) is 0 Å². The maximum absolute atomic E-state index is 12.4. The van der Waals surface area contributed by atoms with E-state index < -0.39 is 5.56 Å². The van der Waals surface area contributed by atoms with E-state index in [1.54, 1.807) is 19.4 Å². The van der Waals surface area contributed by atoms with E-state index in [0.29, 0.717) is 24.4 Å². The molecule has 1 heterocycles. The Kier molecular flexibility index (Phi) is 6.32. The van der Waals surface area contributed by atoms with Gasteiger partial charge in [-0.25, -0.2) is 0 Å². The number of aromatic hydroxyl groups is 1. The van der Waals surface area contributed by atoms with E-state index in [1.165, 1.54) is 4.57 Å². The van der Waals surface area contributed by atoms with Crippen molar-refractivity contribution in [1.29, 1.82) is 5.41 Å². The highest BCUT2D eigenvalue weighted by molar-refractivity contribution is 5.86. The standard InChI is InChI=1S/C19H24N2O3/c1-3-15(13-24-2)17(20)11-16-9-10-21(19(23)18(16)22)12-14-7-5-4-6-8-14/h4-10,15,20,22H,3,11-13H2,1-2H3. The Balaban J connectivity index is 2.18. The Bertz CT molecular complexity index is 738. The lowest BCUT2D eigenvalue weighted by Crippen LogP contribution is -2.24. The maximum Gasteiger partial charge on any atom is 0.293 e. The fourth-order valence-corrected chi connectivity index (χ4v) is 2.66. The summed E-state index contributed by atoms with van der Waals surface area (Å²) in [6.45, 7) is 2.88. The lowest BCUT2D eigenvalue weighted by Gasteiger charge is -2.16. The minimum absolute atomic E-state index is 0.00107. The van der Waals surface area contributed by atoms with Crippen molar-refractivity contribution < 1.29 is 9.84 Å². The summed E-state index contributed by atoms with van der Waals surface area (Å²) >= 11 is 0. The number of nitrogens with zero attached hydrogens (tertiary/aromatic N) is 1. The van der Waals surface area contributed by atoms with Crippen LogP contribution in [0.2, 0.25) is 0 Å². The van der Waals surface area contributed by atoms with Gasteiger partial charge in [0.25, 0.3) is 5.56 Å². The van der Waals surface area contributed by atoms with E-state index in [-0.39, 0.29) is 18.1 Å². The number of rotatable bonds is 8. The molecular weight excluding hydrogens is 304 g/mol. The third kappa shape index (κ3) is 4.32. The number of aromatic nitrogens is 1. The zero-order valence-electron chi connectivity index (χ0n) is 14.2. The summed E-state index contributed by atoms with van der Waals surface area (Å²) in [5, 5.41) is 18.4. The summed E-state index contributed by atoms with van der Waals surface area (Å²) in [4.78, 5) is 12.4. The van der Waals surface area contributed by atoms with Crippen molar-refractivity contribution in [2.24, 2.45) is 5.92 Å². The lowest BCUT2D eigenvalue weighted by molar-refractivity contribution is 0.173. The first kappa shape index (κ1) is 17.9. The summed E-state index contributed by atoms with van der Waals surface area (Å²) in [5.41, 5.74) is 1.52. The molecule has 2 rings (SSSR count). The van der Waals surface area contributed by atoms with Crippen molar-refractivity contribution in [2.45, 2.75) is 26.3 Å². The van der Waals surface area contributed by atoms with Crippen LogP contribution in [0.3, 0.4) is 0 Å². The number of benzene rings is 1. The van der Waals surface area contributed by atoms with Gasteiger partial charge >= 0.3 is 0 Å². The number of ether oxygens (including phenoxy) is 1. The molecule has 1 atom stereocenters. The quantitative estimate of drug-likeness (QED) is 0.732. The monoisotopic (exact) mass is 328 g/mol. The van der Waals surface area contributed by atoms with Crippen LogP contribution in [-0.4, -0.2) is 29.1 Å². The third-order valence-electron chi connectivity index (χ3n) is 4.15. The Hall–Kier alpha value is -2.40. The summed E-state index contributed by atoms with van der Waals surface area (Å²) in [7, 11) is 1.61. The molecule has 2 N–H and O–H groups in total. The normalized spacial score (nSPS) is 12.1. The van der Waals surface area contributed by atoms with Gasteiger partial charge in [0.1, 0.15) is 0 Å². The highest BCUT2D eigenvalue weighted by atomic mass is 16.5. The SMILES string of the molecule is CCC(COC)C(=N)Cc1ccn(Cc2ccccc2)c(=O)c1O. The molecule has 0 spiro atoms. The van der Waals surface area contributed by atoms with Crippen LogP contribution in [-0.2, 0) is 17.7 Å². The molecule has 0 aliphatic rings. The van der Waals surface area contributed by atoms with Crippen molar-refractivity contribution in [3.05, 3.63) is 64.1 Å². The minimum atomic E-state index is -0.427. The molecule has 128 valence electrons. The van der Waals surface area contributed by atoms with Crippen LogP contribution in [0.1, 0.15) is 24.5 Å². The average Bonchev–Trinajstić information content (AvgIpc) is 2.60. The molecule has 0 aliphatic carbocycles. The molecule has 0 saturated carbocycles. The molecule has 1 aromatic heterocycles. The van der Waals surface area contributed by atoms with Crippen molar-refractivity contribution in [2.75, 3.05) is 13.7 Å². The second-order valence-electron chi connectivity index (χ2n) is 5.87. The number of hydrogen-bond donors (Lipinski definition) is 2. The molecule has 5 nitrogen and oxygen atoms in total. The Morgan fingerprint density at radius 1 is 1.29 bits per heavy atom. The molecule has 1 unspecified atom stereocenters. The summed E-state index contributed by atoms with van der Waals surface area (Å²) < 4.78 is 6.60. The topological polar surface area (TPSA) is 75.3 Å². The average molecular weight is 328 g/mol. The molecule has 0 radical (unpaired) electrons. The van der Waals surface area contributed by atoms with Crippen LogP contribution in [0, 0.1) is 11.3 Å². The second kappa shape index (κ2) is 8.45. The van der Waals surface area contributed by atoms with Crippen LogP contribution in [0.4, 0.5) is 0 Å². The molecule has 2 aromatic rings. The fourth-order valence-electron chi connectivity index (χ4n) is 2.66. The van der Waals surface area contributed by atoms with Crippen molar-refractivity contribution >= 4 is 5.71 Å². The van der Waals surface area contributed by atoms with E-state index in [2.05, 4.69) is 0 Å². The van der Waals surface area contributed by atoms with Gasteiger partial charge in [0.05, 0.1) is 13.2 Å². The molecule has 0 amide bonds. The van der Waals surface area contributed by atoms with Gasteiger partial charge < -0.3 is 19.8 Å². The number of hydrogen-bond acceptors (Lipinski definition) is 4. The van der Waals surface area contributed by atoms with Crippen LogP contribution in [0.5, 0.6) is 5.75 Å². The van der Waals surface area contributed by atoms with Gasteiger partial charge in [0.15, 0.2) is 5.75 Å². The number of pyridine rings is 1. The van der Waals surface area contributed by atoms with E-state index in [4.69, 9.17) is 10.1 Å². The molecule has 0 bridgehead atoms. The first-order valence-electron chi connectivity index (χ1n) is 8.08. The molecule has 5 heteroatoms. The van der Waals surface area contributed by atoms with Gasteiger partial charge in [-0.2, -0.15) is 0 Å². The largest absolute Gasteiger partial charge is 0.503 e. The Morgan fingerprint density at radius 3 is 2.62 bits per heavy atom. The minimum Gasteiger partial charge on any atom is -0.503 e. The molecule has 24 heavy (non-hydrogen) atoms. The number of nitrogens with one attached hydrogen (secondary N) is 1. The Labute approximate surface area is 142 Å². The van der Waals surface area contributed by atoms with Gasteiger partial charge in [-0.1, -0.05) is 37.3 Å². The summed E-state index contributed by atoms with van der Waals surface area (Å²) in [5.74, 6) is -0.272. The van der Waals surface area contributed by atoms with Crippen LogP contribution >= 0.6 is 0 Å². The highest BCUT2D eigenvalue weighted by Crippen LogP contribution is 2.16. The lowest BCUT2D eigenvalue weighted by atomic mass is 9.95. The molecule has 0 aliphatic heterocycles. The molecule has 1 aromatic carbocycles. The van der Waals surface area contributed by atoms with Gasteiger partial charge in [-0.15, -0.1) is 0 Å². The molecular formula is C19H24N2O3. The van der Waals surface area contributed by atoms with E-state index in [0.717, 1.165) is 12.0 Å². The van der Waals surface area contributed by atoms with E-state index in [9.17, 15) is 9.90 Å². The second-order valence-corrected chi connectivity index (χ2v) is 5.87.